The molecular weight excluding hydrogens is 234 g/mol. The first-order valence-electron chi connectivity index (χ1n) is 7.06. The SMILES string of the molecule is CCCCC1(O[N+](=O)[O-])C[C@H]2CCC[C@@H]2OC1C. The van der Waals surface area contributed by atoms with E-state index < -0.39 is 10.7 Å². The Balaban J connectivity index is 2.12. The zero-order valence-electron chi connectivity index (χ0n) is 11.3. The van der Waals surface area contributed by atoms with E-state index in [1.54, 1.807) is 0 Å². The first-order valence-corrected chi connectivity index (χ1v) is 7.06. The number of fused-ring (bicyclic) bond motifs is 1. The summed E-state index contributed by atoms with van der Waals surface area (Å²) in [5, 5.41) is 10.2. The van der Waals surface area contributed by atoms with E-state index in [-0.39, 0.29) is 6.10 Å². The van der Waals surface area contributed by atoms with Crippen molar-refractivity contribution in [2.75, 3.05) is 0 Å². The van der Waals surface area contributed by atoms with Crippen LogP contribution in [0.1, 0.15) is 58.8 Å². The van der Waals surface area contributed by atoms with Crippen molar-refractivity contribution in [3.63, 3.8) is 0 Å². The highest BCUT2D eigenvalue weighted by atomic mass is 17.0. The van der Waals surface area contributed by atoms with Gasteiger partial charge in [0.1, 0.15) is 5.60 Å². The summed E-state index contributed by atoms with van der Waals surface area (Å²) in [6.45, 7) is 4.01. The summed E-state index contributed by atoms with van der Waals surface area (Å²) in [4.78, 5) is 15.9. The van der Waals surface area contributed by atoms with Gasteiger partial charge in [0.2, 0.25) is 0 Å². The molecule has 0 N–H and O–H groups in total. The molecule has 18 heavy (non-hydrogen) atoms. The molecule has 0 amide bonds. The molecule has 0 aromatic heterocycles. The molecule has 0 spiro atoms. The summed E-state index contributed by atoms with van der Waals surface area (Å²) in [7, 11) is 0. The van der Waals surface area contributed by atoms with Crippen molar-refractivity contribution in [2.24, 2.45) is 5.92 Å². The Kier molecular flexibility index (Phi) is 4.10. The second-order valence-electron chi connectivity index (χ2n) is 5.70. The predicted octanol–water partition coefficient (Wildman–Crippen LogP) is 3.10. The molecule has 2 fully saturated rings. The van der Waals surface area contributed by atoms with E-state index in [4.69, 9.17) is 9.57 Å². The predicted molar refractivity (Wildman–Crippen MR) is 66.6 cm³/mol. The van der Waals surface area contributed by atoms with Crippen LogP contribution in [0, 0.1) is 16.0 Å². The molecule has 5 nitrogen and oxygen atoms in total. The van der Waals surface area contributed by atoms with Gasteiger partial charge in [0.25, 0.3) is 5.09 Å². The molecule has 1 saturated heterocycles. The molecule has 2 unspecified atom stereocenters. The van der Waals surface area contributed by atoms with Gasteiger partial charge in [0.05, 0.1) is 12.2 Å². The summed E-state index contributed by atoms with van der Waals surface area (Å²) >= 11 is 0. The number of rotatable bonds is 5. The van der Waals surface area contributed by atoms with Crippen molar-refractivity contribution in [1.29, 1.82) is 0 Å². The molecule has 1 aliphatic carbocycles. The molecular formula is C13H23NO4. The average Bonchev–Trinajstić information content (AvgIpc) is 2.73. The zero-order chi connectivity index (χ0) is 13.2. The van der Waals surface area contributed by atoms with E-state index >= 15 is 0 Å². The van der Waals surface area contributed by atoms with E-state index in [0.717, 1.165) is 38.5 Å². The molecule has 2 rings (SSSR count). The smallest absolute Gasteiger partial charge is 0.295 e. The number of hydrogen-bond acceptors (Lipinski definition) is 4. The molecule has 0 bridgehead atoms. The Bertz CT molecular complexity index is 309. The van der Waals surface area contributed by atoms with Gasteiger partial charge in [0, 0.05) is 0 Å². The van der Waals surface area contributed by atoms with Crippen LogP contribution >= 0.6 is 0 Å². The third kappa shape index (κ3) is 2.60. The molecule has 4 atom stereocenters. The Morgan fingerprint density at radius 2 is 2.28 bits per heavy atom. The van der Waals surface area contributed by atoms with Crippen molar-refractivity contribution in [3.8, 4) is 0 Å². The Labute approximate surface area is 108 Å². The van der Waals surface area contributed by atoms with Gasteiger partial charge in [-0.15, -0.1) is 10.1 Å². The third-order valence-corrected chi connectivity index (χ3v) is 4.53. The van der Waals surface area contributed by atoms with Crippen LogP contribution in [0.15, 0.2) is 0 Å². The molecule has 0 radical (unpaired) electrons. The summed E-state index contributed by atoms with van der Waals surface area (Å²) in [6.07, 6.45) is 6.95. The van der Waals surface area contributed by atoms with Gasteiger partial charge in [-0.3, -0.25) is 0 Å². The summed E-state index contributed by atoms with van der Waals surface area (Å²) in [5.41, 5.74) is -0.717. The van der Waals surface area contributed by atoms with Gasteiger partial charge in [-0.05, 0) is 38.5 Å². The molecule has 1 aliphatic heterocycles. The fourth-order valence-electron chi connectivity index (χ4n) is 3.50. The minimum atomic E-state index is -0.717. The lowest BCUT2D eigenvalue weighted by atomic mass is 9.78. The minimum Gasteiger partial charge on any atom is -0.372 e. The van der Waals surface area contributed by atoms with Crippen LogP contribution in [0.3, 0.4) is 0 Å². The maximum Gasteiger partial charge on any atom is 0.295 e. The topological polar surface area (TPSA) is 61.6 Å². The molecule has 104 valence electrons. The van der Waals surface area contributed by atoms with E-state index in [2.05, 4.69) is 6.92 Å². The maximum absolute atomic E-state index is 10.8. The van der Waals surface area contributed by atoms with Gasteiger partial charge in [-0.2, -0.15) is 0 Å². The van der Waals surface area contributed by atoms with E-state index in [1.807, 2.05) is 6.92 Å². The molecule has 2 aliphatic rings. The van der Waals surface area contributed by atoms with Crippen LogP contribution in [-0.4, -0.2) is 22.9 Å². The van der Waals surface area contributed by atoms with Crippen molar-refractivity contribution in [3.05, 3.63) is 10.1 Å². The summed E-state index contributed by atoms with van der Waals surface area (Å²) in [5.74, 6) is 0.443. The minimum absolute atomic E-state index is 0.186. The Morgan fingerprint density at radius 1 is 1.50 bits per heavy atom. The van der Waals surface area contributed by atoms with Crippen molar-refractivity contribution < 1.29 is 14.7 Å². The average molecular weight is 257 g/mol. The van der Waals surface area contributed by atoms with Crippen molar-refractivity contribution in [2.45, 2.75) is 76.6 Å². The van der Waals surface area contributed by atoms with E-state index in [0.29, 0.717) is 12.0 Å². The van der Waals surface area contributed by atoms with Crippen LogP contribution in [-0.2, 0) is 9.57 Å². The first-order chi connectivity index (χ1) is 8.57. The second-order valence-corrected chi connectivity index (χ2v) is 5.70. The van der Waals surface area contributed by atoms with Crippen LogP contribution in [0.25, 0.3) is 0 Å². The lowest BCUT2D eigenvalue weighted by Gasteiger charge is -2.45. The van der Waals surface area contributed by atoms with Crippen LogP contribution in [0.2, 0.25) is 0 Å². The van der Waals surface area contributed by atoms with E-state index in [1.165, 1.54) is 6.42 Å². The quantitative estimate of drug-likeness (QED) is 0.561. The zero-order valence-corrected chi connectivity index (χ0v) is 11.3. The second kappa shape index (κ2) is 5.43. The molecule has 0 aromatic carbocycles. The Hall–Kier alpha value is -0.840. The summed E-state index contributed by atoms with van der Waals surface area (Å²) < 4.78 is 5.99. The van der Waals surface area contributed by atoms with Gasteiger partial charge in [0.15, 0.2) is 0 Å². The molecule has 1 saturated carbocycles. The summed E-state index contributed by atoms with van der Waals surface area (Å²) in [6, 6.07) is 0. The van der Waals surface area contributed by atoms with Crippen LogP contribution in [0.4, 0.5) is 0 Å². The highest BCUT2D eigenvalue weighted by molar-refractivity contribution is 4.97. The van der Waals surface area contributed by atoms with Gasteiger partial charge in [-0.1, -0.05) is 26.2 Å². The van der Waals surface area contributed by atoms with Crippen LogP contribution < -0.4 is 0 Å². The fourth-order valence-corrected chi connectivity index (χ4v) is 3.50. The molecule has 5 heteroatoms. The van der Waals surface area contributed by atoms with Crippen molar-refractivity contribution in [1.82, 2.24) is 0 Å². The normalized spacial score (nSPS) is 39.3. The number of hydrogen-bond donors (Lipinski definition) is 0. The largest absolute Gasteiger partial charge is 0.372 e. The Morgan fingerprint density at radius 3 is 2.94 bits per heavy atom. The van der Waals surface area contributed by atoms with E-state index in [9.17, 15) is 10.1 Å². The maximum atomic E-state index is 10.8. The van der Waals surface area contributed by atoms with Gasteiger partial charge < -0.3 is 9.57 Å². The monoisotopic (exact) mass is 257 g/mol. The van der Waals surface area contributed by atoms with Crippen LogP contribution in [0.5, 0.6) is 0 Å². The van der Waals surface area contributed by atoms with Gasteiger partial charge in [-0.25, -0.2) is 0 Å². The van der Waals surface area contributed by atoms with Gasteiger partial charge >= 0.3 is 0 Å². The highest BCUT2D eigenvalue weighted by Gasteiger charge is 2.50. The highest BCUT2D eigenvalue weighted by Crippen LogP contribution is 2.45. The lowest BCUT2D eigenvalue weighted by Crippen LogP contribution is -2.53. The molecule has 0 aromatic rings. The third-order valence-electron chi connectivity index (χ3n) is 4.53. The lowest BCUT2D eigenvalue weighted by molar-refractivity contribution is -0.786. The number of nitrogens with zero attached hydrogens (tertiary/aromatic N) is 1. The van der Waals surface area contributed by atoms with Crippen molar-refractivity contribution >= 4 is 0 Å². The number of unbranched alkanes of at least 4 members (excludes halogenated alkanes) is 1. The number of ether oxygens (including phenoxy) is 1. The fraction of sp³-hybridized carbons (Fsp3) is 1.00. The first kappa shape index (κ1) is 13.6. The molecule has 1 heterocycles. The standard InChI is InChI=1S/C13H23NO4/c1-3-4-8-13(18-14(15)16)9-11-6-5-7-12(11)17-10(13)2/h10-12H,3-9H2,1-2H3/t10?,11-,12+,13?/m1/s1.